The molecule has 4 aromatic rings. The number of benzene rings is 3. The Labute approximate surface area is 200 Å². The van der Waals surface area contributed by atoms with Crippen LogP contribution in [-0.4, -0.2) is 21.9 Å². The third kappa shape index (κ3) is 5.03. The largest absolute Gasteiger partial charge is 0.355 e. The summed E-state index contributed by atoms with van der Waals surface area (Å²) in [4.78, 5) is 32.1. The zero-order chi connectivity index (χ0) is 24.4. The average molecular weight is 468 g/mol. The Morgan fingerprint density at radius 1 is 0.943 bits per heavy atom. The van der Waals surface area contributed by atoms with Gasteiger partial charge < -0.3 is 26.3 Å². The number of aromatic amines is 1. The number of hydrogen-bond donors (Lipinski definition) is 5. The lowest BCUT2D eigenvalue weighted by molar-refractivity contribution is -0.110. The smallest absolute Gasteiger partial charge is 0.323 e. The zero-order valence-electron chi connectivity index (χ0n) is 18.6. The van der Waals surface area contributed by atoms with Crippen molar-refractivity contribution in [1.29, 1.82) is 0 Å². The molecule has 35 heavy (non-hydrogen) atoms. The summed E-state index contributed by atoms with van der Waals surface area (Å²) in [6.07, 6.45) is 3.44. The number of carbonyl (C=O) groups is 2. The minimum atomic E-state index is -0.487. The van der Waals surface area contributed by atoms with Crippen molar-refractivity contribution >= 4 is 52.0 Å². The Morgan fingerprint density at radius 3 is 2.40 bits per heavy atom. The van der Waals surface area contributed by atoms with Crippen molar-refractivity contribution in [1.82, 2.24) is 9.97 Å². The van der Waals surface area contributed by atoms with Crippen LogP contribution in [0.25, 0.3) is 11.6 Å². The van der Waals surface area contributed by atoms with E-state index < -0.39 is 11.8 Å². The number of H-pyrrole nitrogens is 1. The predicted octanol–water partition coefficient (Wildman–Crippen LogP) is 5.74. The van der Waals surface area contributed by atoms with Gasteiger partial charge in [0.2, 0.25) is 0 Å². The number of urea groups is 1. The molecule has 3 amide bonds. The van der Waals surface area contributed by atoms with Crippen LogP contribution in [-0.2, 0) is 4.79 Å². The van der Waals surface area contributed by atoms with Crippen LogP contribution in [0.4, 0.5) is 37.6 Å². The molecule has 3 aromatic carbocycles. The summed E-state index contributed by atoms with van der Waals surface area (Å²) in [5.41, 5.74) is 5.34. The fourth-order valence-electron chi connectivity index (χ4n) is 3.76. The number of imidazole rings is 1. The van der Waals surface area contributed by atoms with Gasteiger partial charge in [-0.1, -0.05) is 18.2 Å². The van der Waals surface area contributed by atoms with Crippen molar-refractivity contribution in [2.24, 2.45) is 0 Å². The lowest BCUT2D eigenvalue weighted by Crippen LogP contribution is -2.19. The number of halogens is 1. The van der Waals surface area contributed by atoms with E-state index in [9.17, 15) is 14.0 Å². The molecule has 8 nitrogen and oxygen atoms in total. The lowest BCUT2D eigenvalue weighted by atomic mass is 10.1. The third-order valence-electron chi connectivity index (χ3n) is 5.30. The van der Waals surface area contributed by atoms with Crippen LogP contribution in [0.1, 0.15) is 17.1 Å². The van der Waals surface area contributed by atoms with Gasteiger partial charge in [-0.3, -0.25) is 4.79 Å². The number of rotatable bonds is 5. The maximum atomic E-state index is 13.3. The maximum absolute atomic E-state index is 13.3. The van der Waals surface area contributed by atoms with E-state index in [-0.39, 0.29) is 5.91 Å². The lowest BCUT2D eigenvalue weighted by Gasteiger charge is -2.11. The second kappa shape index (κ2) is 9.14. The van der Waals surface area contributed by atoms with Crippen LogP contribution in [0.15, 0.2) is 72.9 Å². The summed E-state index contributed by atoms with van der Waals surface area (Å²) in [5, 5.41) is 11.5. The van der Waals surface area contributed by atoms with Crippen LogP contribution in [0.5, 0.6) is 0 Å². The highest BCUT2D eigenvalue weighted by Crippen LogP contribution is 2.35. The van der Waals surface area contributed by atoms with Gasteiger partial charge in [-0.05, 0) is 61.5 Å². The molecule has 174 valence electrons. The maximum Gasteiger partial charge on any atom is 0.323 e. The normalized spacial score (nSPS) is 13.3. The Kier molecular flexibility index (Phi) is 5.72. The number of aromatic nitrogens is 2. The minimum absolute atomic E-state index is 0.193. The third-order valence-corrected chi connectivity index (χ3v) is 5.30. The van der Waals surface area contributed by atoms with Crippen molar-refractivity contribution < 1.29 is 14.0 Å². The molecule has 1 aliphatic heterocycles. The van der Waals surface area contributed by atoms with Gasteiger partial charge in [0.05, 0.1) is 11.3 Å². The number of aryl methyl sites for hydroxylation is 1. The number of hydrogen-bond acceptors (Lipinski definition) is 4. The van der Waals surface area contributed by atoms with Gasteiger partial charge >= 0.3 is 6.03 Å². The highest BCUT2D eigenvalue weighted by atomic mass is 19.1. The van der Waals surface area contributed by atoms with Crippen molar-refractivity contribution in [2.75, 3.05) is 21.3 Å². The van der Waals surface area contributed by atoms with E-state index in [0.717, 1.165) is 22.6 Å². The number of nitrogens with zero attached hydrogens (tertiary/aromatic N) is 1. The van der Waals surface area contributed by atoms with E-state index in [0.29, 0.717) is 28.5 Å². The Hall–Kier alpha value is -4.92. The minimum Gasteiger partial charge on any atom is -0.355 e. The van der Waals surface area contributed by atoms with Gasteiger partial charge in [-0.25, -0.2) is 14.2 Å². The molecule has 2 heterocycles. The molecule has 1 aliphatic rings. The number of carbonyl (C=O) groups excluding carboxylic acids is 2. The van der Waals surface area contributed by atoms with E-state index >= 15 is 0 Å². The number of nitrogens with one attached hydrogen (secondary N) is 5. The van der Waals surface area contributed by atoms with Gasteiger partial charge in [0.25, 0.3) is 5.91 Å². The van der Waals surface area contributed by atoms with Gasteiger partial charge in [-0.15, -0.1) is 0 Å². The molecule has 5 rings (SSSR count). The first-order valence-electron chi connectivity index (χ1n) is 10.8. The Morgan fingerprint density at radius 2 is 1.66 bits per heavy atom. The summed E-state index contributed by atoms with van der Waals surface area (Å²) in [5.74, 6) is -0.00614. The molecule has 0 radical (unpaired) electrons. The van der Waals surface area contributed by atoms with Crippen LogP contribution in [0.3, 0.4) is 0 Å². The topological polar surface area (TPSA) is 111 Å². The standard InChI is InChI=1S/C26H21FN6O2/c1-15-14-28-24(29-15)13-22-21-9-8-20(12-23(21)33-25(22)34)30-18-6-3-7-19(11-18)32-26(35)31-17-5-2-4-16(27)10-17/h2-14,30H,1H3,(H,28,29)(H,33,34)(H2,31,32,35)/b22-13+. The molecule has 0 saturated carbocycles. The molecule has 5 N–H and O–H groups in total. The highest BCUT2D eigenvalue weighted by molar-refractivity contribution is 6.34. The second-order valence-electron chi connectivity index (χ2n) is 8.02. The van der Waals surface area contributed by atoms with Gasteiger partial charge in [0.1, 0.15) is 11.6 Å². The first-order chi connectivity index (χ1) is 16.9. The van der Waals surface area contributed by atoms with Crippen molar-refractivity contribution in [3.8, 4) is 0 Å². The van der Waals surface area contributed by atoms with E-state index in [1.807, 2.05) is 31.2 Å². The number of fused-ring (bicyclic) bond motifs is 1. The first kappa shape index (κ1) is 21.9. The van der Waals surface area contributed by atoms with E-state index in [2.05, 4.69) is 31.2 Å². The van der Waals surface area contributed by atoms with Crippen LogP contribution >= 0.6 is 0 Å². The monoisotopic (exact) mass is 468 g/mol. The molecular weight excluding hydrogens is 447 g/mol. The Bertz CT molecular complexity index is 1480. The molecule has 0 bridgehead atoms. The molecule has 0 spiro atoms. The van der Waals surface area contributed by atoms with Gasteiger partial charge in [0, 0.05) is 40.2 Å². The molecule has 0 unspecified atom stereocenters. The molecule has 0 fully saturated rings. The Balaban J connectivity index is 1.28. The quantitative estimate of drug-likeness (QED) is 0.241. The second-order valence-corrected chi connectivity index (χ2v) is 8.02. The first-order valence-corrected chi connectivity index (χ1v) is 10.8. The van der Waals surface area contributed by atoms with E-state index in [4.69, 9.17) is 0 Å². The molecule has 9 heteroatoms. The molecule has 1 aromatic heterocycles. The van der Waals surface area contributed by atoms with Crippen LogP contribution in [0, 0.1) is 12.7 Å². The van der Waals surface area contributed by atoms with Crippen molar-refractivity contribution in [3.05, 3.63) is 95.8 Å². The molecular formula is C26H21FN6O2. The van der Waals surface area contributed by atoms with Gasteiger partial charge in [0.15, 0.2) is 0 Å². The van der Waals surface area contributed by atoms with Gasteiger partial charge in [-0.2, -0.15) is 0 Å². The predicted molar refractivity (Wildman–Crippen MR) is 135 cm³/mol. The zero-order valence-corrected chi connectivity index (χ0v) is 18.6. The summed E-state index contributed by atoms with van der Waals surface area (Å²) in [7, 11) is 0. The summed E-state index contributed by atoms with van der Waals surface area (Å²) < 4.78 is 13.3. The molecule has 0 atom stereocenters. The summed E-state index contributed by atoms with van der Waals surface area (Å²) in [6.45, 7) is 1.90. The summed E-state index contributed by atoms with van der Waals surface area (Å²) >= 11 is 0. The number of amides is 3. The SMILES string of the molecule is Cc1cnc(/C=C2/C(=O)Nc3cc(Nc4cccc(NC(=O)Nc5cccc(F)c5)c4)ccc32)[nH]1. The molecule has 0 saturated heterocycles. The van der Waals surface area contributed by atoms with Crippen LogP contribution in [0.2, 0.25) is 0 Å². The van der Waals surface area contributed by atoms with E-state index in [1.165, 1.54) is 18.2 Å². The van der Waals surface area contributed by atoms with Crippen molar-refractivity contribution in [3.63, 3.8) is 0 Å². The average Bonchev–Trinajstić information content (AvgIpc) is 3.36. The fraction of sp³-hybridized carbons (Fsp3) is 0.0385. The molecule has 0 aliphatic carbocycles. The fourth-order valence-corrected chi connectivity index (χ4v) is 3.76. The number of anilines is 5. The summed E-state index contributed by atoms with van der Waals surface area (Å²) in [6, 6.07) is 17.9. The van der Waals surface area contributed by atoms with E-state index in [1.54, 1.807) is 36.5 Å². The van der Waals surface area contributed by atoms with Crippen molar-refractivity contribution in [2.45, 2.75) is 6.92 Å². The van der Waals surface area contributed by atoms with Crippen LogP contribution < -0.4 is 21.3 Å². The highest BCUT2D eigenvalue weighted by Gasteiger charge is 2.24.